The standard InChI is InChI=1S/C8H16O2/c1-6(8(3)10)4-5-7(2)9/h6-7,9H,4-5H2,1-3H3. The summed E-state index contributed by atoms with van der Waals surface area (Å²) in [6.45, 7) is 5.23. The fourth-order valence-corrected chi connectivity index (χ4v) is 0.694. The van der Waals surface area contributed by atoms with E-state index in [4.69, 9.17) is 5.11 Å². The summed E-state index contributed by atoms with van der Waals surface area (Å²) in [5.74, 6) is 0.315. The van der Waals surface area contributed by atoms with E-state index in [-0.39, 0.29) is 17.8 Å². The molecule has 0 amide bonds. The number of hydrogen-bond acceptors (Lipinski definition) is 2. The largest absolute Gasteiger partial charge is 0.393 e. The SMILES string of the molecule is CC(=O)C(C)CCC(C)O. The van der Waals surface area contributed by atoms with Gasteiger partial charge in [0, 0.05) is 5.92 Å². The molecule has 0 aliphatic carbocycles. The number of rotatable bonds is 4. The first-order valence-electron chi connectivity index (χ1n) is 3.72. The van der Waals surface area contributed by atoms with Crippen molar-refractivity contribution in [1.29, 1.82) is 0 Å². The summed E-state index contributed by atoms with van der Waals surface area (Å²) in [6.07, 6.45) is 1.25. The molecule has 0 aromatic rings. The van der Waals surface area contributed by atoms with Crippen molar-refractivity contribution in [2.24, 2.45) is 5.92 Å². The van der Waals surface area contributed by atoms with Crippen molar-refractivity contribution < 1.29 is 9.90 Å². The maximum Gasteiger partial charge on any atom is 0.132 e. The molecule has 2 unspecified atom stereocenters. The molecule has 60 valence electrons. The van der Waals surface area contributed by atoms with Gasteiger partial charge in [0.2, 0.25) is 0 Å². The first kappa shape index (κ1) is 9.63. The quantitative estimate of drug-likeness (QED) is 0.647. The Kier molecular flexibility index (Phi) is 4.28. The van der Waals surface area contributed by atoms with E-state index in [2.05, 4.69) is 0 Å². The normalized spacial score (nSPS) is 16.4. The molecule has 1 N–H and O–H groups in total. The average molecular weight is 144 g/mol. The molecule has 0 radical (unpaired) electrons. The van der Waals surface area contributed by atoms with Gasteiger partial charge in [0.15, 0.2) is 0 Å². The minimum Gasteiger partial charge on any atom is -0.393 e. The lowest BCUT2D eigenvalue weighted by atomic mass is 10.0. The molecular weight excluding hydrogens is 128 g/mol. The van der Waals surface area contributed by atoms with Crippen LogP contribution in [0.15, 0.2) is 0 Å². The van der Waals surface area contributed by atoms with E-state index in [9.17, 15) is 4.79 Å². The zero-order valence-corrected chi connectivity index (χ0v) is 6.92. The van der Waals surface area contributed by atoms with Crippen LogP contribution in [0.25, 0.3) is 0 Å². The third kappa shape index (κ3) is 4.50. The molecule has 0 bridgehead atoms. The Hall–Kier alpha value is -0.370. The predicted octanol–water partition coefficient (Wildman–Crippen LogP) is 1.37. The molecule has 0 saturated carbocycles. The Bertz CT molecular complexity index is 108. The van der Waals surface area contributed by atoms with Gasteiger partial charge in [-0.15, -0.1) is 0 Å². The number of carbonyl (C=O) groups is 1. The van der Waals surface area contributed by atoms with E-state index in [1.807, 2.05) is 6.92 Å². The molecule has 0 aromatic heterocycles. The second kappa shape index (κ2) is 4.45. The molecule has 0 saturated heterocycles. The Morgan fingerprint density at radius 1 is 1.40 bits per heavy atom. The van der Waals surface area contributed by atoms with E-state index in [1.54, 1.807) is 13.8 Å². The molecule has 0 fully saturated rings. The summed E-state index contributed by atoms with van der Waals surface area (Å²) in [4.78, 5) is 10.7. The van der Waals surface area contributed by atoms with Crippen molar-refractivity contribution in [3.63, 3.8) is 0 Å². The van der Waals surface area contributed by atoms with Crippen LogP contribution >= 0.6 is 0 Å². The Labute approximate surface area is 62.2 Å². The molecule has 2 heteroatoms. The first-order valence-corrected chi connectivity index (χ1v) is 3.72. The van der Waals surface area contributed by atoms with E-state index in [0.29, 0.717) is 0 Å². The Morgan fingerprint density at radius 2 is 1.90 bits per heavy atom. The van der Waals surface area contributed by atoms with Crippen LogP contribution in [-0.4, -0.2) is 17.0 Å². The van der Waals surface area contributed by atoms with Crippen LogP contribution in [0.4, 0.5) is 0 Å². The number of hydrogen-bond donors (Lipinski definition) is 1. The topological polar surface area (TPSA) is 37.3 Å². The van der Waals surface area contributed by atoms with Crippen LogP contribution in [0.1, 0.15) is 33.6 Å². The van der Waals surface area contributed by atoms with Gasteiger partial charge in [0.1, 0.15) is 5.78 Å². The number of aliphatic hydroxyl groups excluding tert-OH is 1. The number of Topliss-reactive ketones (excluding diaryl/α,β-unsaturated/α-hetero) is 1. The zero-order valence-electron chi connectivity index (χ0n) is 6.92. The van der Waals surface area contributed by atoms with Crippen LogP contribution in [0.5, 0.6) is 0 Å². The smallest absolute Gasteiger partial charge is 0.132 e. The van der Waals surface area contributed by atoms with Crippen molar-refractivity contribution >= 4 is 5.78 Å². The van der Waals surface area contributed by atoms with Crippen molar-refractivity contribution in [3.05, 3.63) is 0 Å². The van der Waals surface area contributed by atoms with Crippen LogP contribution in [0.3, 0.4) is 0 Å². The molecule has 0 spiro atoms. The van der Waals surface area contributed by atoms with E-state index in [0.717, 1.165) is 12.8 Å². The summed E-state index contributed by atoms with van der Waals surface area (Å²) in [7, 11) is 0. The monoisotopic (exact) mass is 144 g/mol. The van der Waals surface area contributed by atoms with E-state index >= 15 is 0 Å². The van der Waals surface area contributed by atoms with Gasteiger partial charge in [-0.3, -0.25) is 4.79 Å². The van der Waals surface area contributed by atoms with Crippen molar-refractivity contribution in [2.45, 2.75) is 39.7 Å². The first-order chi connectivity index (χ1) is 4.54. The number of aliphatic hydroxyl groups is 1. The lowest BCUT2D eigenvalue weighted by Gasteiger charge is -2.07. The van der Waals surface area contributed by atoms with Crippen molar-refractivity contribution in [2.75, 3.05) is 0 Å². The summed E-state index contributed by atoms with van der Waals surface area (Å²) < 4.78 is 0. The van der Waals surface area contributed by atoms with Gasteiger partial charge in [-0.1, -0.05) is 6.92 Å². The molecule has 0 aliphatic rings. The van der Waals surface area contributed by atoms with Gasteiger partial charge in [-0.2, -0.15) is 0 Å². The van der Waals surface area contributed by atoms with Gasteiger partial charge < -0.3 is 5.11 Å². The van der Waals surface area contributed by atoms with Gasteiger partial charge in [-0.05, 0) is 26.7 Å². The lowest BCUT2D eigenvalue weighted by molar-refractivity contribution is -0.120. The summed E-state index contributed by atoms with van der Waals surface area (Å²) in [5, 5.41) is 8.87. The third-order valence-electron chi connectivity index (χ3n) is 1.71. The molecule has 0 aliphatic heterocycles. The lowest BCUT2D eigenvalue weighted by Crippen LogP contribution is -2.09. The molecule has 10 heavy (non-hydrogen) atoms. The second-order valence-electron chi connectivity index (χ2n) is 2.94. The van der Waals surface area contributed by atoms with Crippen molar-refractivity contribution in [3.8, 4) is 0 Å². The Morgan fingerprint density at radius 3 is 2.20 bits per heavy atom. The molecular formula is C8H16O2. The molecule has 2 nitrogen and oxygen atoms in total. The summed E-state index contributed by atoms with van der Waals surface area (Å²) in [6, 6.07) is 0. The average Bonchev–Trinajstić information content (AvgIpc) is 1.82. The highest BCUT2D eigenvalue weighted by atomic mass is 16.3. The highest BCUT2D eigenvalue weighted by Crippen LogP contribution is 2.08. The second-order valence-corrected chi connectivity index (χ2v) is 2.94. The highest BCUT2D eigenvalue weighted by molar-refractivity contribution is 5.77. The maximum atomic E-state index is 10.7. The van der Waals surface area contributed by atoms with Crippen molar-refractivity contribution in [1.82, 2.24) is 0 Å². The van der Waals surface area contributed by atoms with Gasteiger partial charge in [-0.25, -0.2) is 0 Å². The summed E-state index contributed by atoms with van der Waals surface area (Å²) in [5.41, 5.74) is 0. The van der Waals surface area contributed by atoms with Gasteiger partial charge >= 0.3 is 0 Å². The fraction of sp³-hybridized carbons (Fsp3) is 0.875. The molecule has 0 heterocycles. The molecule has 2 atom stereocenters. The van der Waals surface area contributed by atoms with Gasteiger partial charge in [0.25, 0.3) is 0 Å². The van der Waals surface area contributed by atoms with E-state index in [1.165, 1.54) is 0 Å². The molecule has 0 aromatic carbocycles. The fourth-order valence-electron chi connectivity index (χ4n) is 0.694. The third-order valence-corrected chi connectivity index (χ3v) is 1.71. The summed E-state index contributed by atoms with van der Waals surface area (Å²) >= 11 is 0. The van der Waals surface area contributed by atoms with Crippen LogP contribution in [-0.2, 0) is 4.79 Å². The van der Waals surface area contributed by atoms with Crippen LogP contribution in [0, 0.1) is 5.92 Å². The maximum absolute atomic E-state index is 10.7. The minimum absolute atomic E-state index is 0.106. The van der Waals surface area contributed by atoms with Gasteiger partial charge in [0.05, 0.1) is 6.10 Å². The molecule has 0 rings (SSSR count). The zero-order chi connectivity index (χ0) is 8.15. The van der Waals surface area contributed by atoms with Crippen LogP contribution in [0.2, 0.25) is 0 Å². The Balaban J connectivity index is 3.40. The van der Waals surface area contributed by atoms with E-state index < -0.39 is 0 Å². The van der Waals surface area contributed by atoms with Crippen LogP contribution < -0.4 is 0 Å². The number of ketones is 1. The number of carbonyl (C=O) groups excluding carboxylic acids is 1. The predicted molar refractivity (Wildman–Crippen MR) is 40.8 cm³/mol. The minimum atomic E-state index is -0.276. The highest BCUT2D eigenvalue weighted by Gasteiger charge is 2.07.